The Morgan fingerprint density at radius 1 is 0.979 bits per heavy atom. The fraction of sp³-hybridized carbons (Fsp3) is 0.147. The van der Waals surface area contributed by atoms with Gasteiger partial charge in [-0.25, -0.2) is 5.43 Å². The van der Waals surface area contributed by atoms with Crippen molar-refractivity contribution in [2.24, 2.45) is 5.10 Å². The van der Waals surface area contributed by atoms with Gasteiger partial charge in [-0.15, -0.1) is 0 Å². The van der Waals surface area contributed by atoms with E-state index in [2.05, 4.69) is 32.5 Å². The highest BCUT2D eigenvalue weighted by molar-refractivity contribution is 6.31. The first-order valence-corrected chi connectivity index (χ1v) is 14.7. The van der Waals surface area contributed by atoms with Crippen molar-refractivity contribution >= 4 is 41.0 Å². The summed E-state index contributed by atoms with van der Waals surface area (Å²) in [6.45, 7) is 5.46. The number of carbonyl (C=O) groups is 2. The van der Waals surface area contributed by atoms with Gasteiger partial charge >= 0.3 is 11.6 Å². The number of aryl methyl sites for hydroxylation is 3. The van der Waals surface area contributed by atoms with Crippen LogP contribution >= 0.6 is 11.6 Å². The van der Waals surface area contributed by atoms with E-state index in [0.717, 1.165) is 34.9 Å². The minimum absolute atomic E-state index is 0.0291. The van der Waals surface area contributed by atoms with Gasteiger partial charge in [-0.2, -0.15) is 5.10 Å². The van der Waals surface area contributed by atoms with Crippen molar-refractivity contribution in [3.05, 3.63) is 134 Å². The Morgan fingerprint density at radius 3 is 2.40 bits per heavy atom. The second-order valence-corrected chi connectivity index (χ2v) is 10.9. The Balaban J connectivity index is 1.20. The third-order valence-corrected chi connectivity index (χ3v) is 7.25. The van der Waals surface area contributed by atoms with Gasteiger partial charge in [-0.1, -0.05) is 29.8 Å². The summed E-state index contributed by atoms with van der Waals surface area (Å²) in [6, 6.07) is 24.4. The summed E-state index contributed by atoms with van der Waals surface area (Å²) in [6.07, 6.45) is 1.12. The lowest BCUT2D eigenvalue weighted by Gasteiger charge is -2.11. The summed E-state index contributed by atoms with van der Waals surface area (Å²) in [5.41, 5.74) is 6.58. The van der Waals surface area contributed by atoms with Crippen LogP contribution in [-0.2, 0) is 11.4 Å². The first kappa shape index (κ1) is 32.5. The number of nitro groups is 1. The molecule has 240 valence electrons. The Bertz CT molecular complexity index is 1940. The molecule has 0 unspecified atom stereocenters. The monoisotopic (exact) mass is 655 g/mol. The standard InChI is InChI=1S/C34H30ClN5O7/c1-21-6-4-5-7-29(21)37-32(41)20-46-33-24(16-25(35)17-30(33)40(43)44)18-36-38-34(42)31-15-14-28(47-31)19-45-27-12-10-26(11-13-27)39-22(2)8-9-23(39)3/h4-18H,19-20H2,1-3H3,(H,37,41)(H,38,42)/b36-18+. The Kier molecular flexibility index (Phi) is 10.0. The first-order chi connectivity index (χ1) is 22.6. The number of carbonyl (C=O) groups excluding carboxylic acids is 2. The molecule has 0 spiro atoms. The van der Waals surface area contributed by atoms with Gasteiger partial charge < -0.3 is 23.8 Å². The molecule has 0 fully saturated rings. The van der Waals surface area contributed by atoms with Crippen LogP contribution in [0.25, 0.3) is 5.69 Å². The van der Waals surface area contributed by atoms with Gasteiger partial charge in [0.25, 0.3) is 5.91 Å². The maximum Gasteiger partial charge on any atom is 0.313 e. The largest absolute Gasteiger partial charge is 0.486 e. The van der Waals surface area contributed by atoms with Crippen molar-refractivity contribution in [2.45, 2.75) is 27.4 Å². The third-order valence-electron chi connectivity index (χ3n) is 7.03. The van der Waals surface area contributed by atoms with E-state index < -0.39 is 29.0 Å². The van der Waals surface area contributed by atoms with E-state index in [1.54, 1.807) is 18.2 Å². The van der Waals surface area contributed by atoms with E-state index in [1.807, 2.05) is 57.2 Å². The molecule has 5 aromatic rings. The number of hydrazone groups is 1. The van der Waals surface area contributed by atoms with Gasteiger partial charge in [0.1, 0.15) is 18.1 Å². The molecular formula is C34H30ClN5O7. The summed E-state index contributed by atoms with van der Waals surface area (Å²) in [4.78, 5) is 36.3. The minimum atomic E-state index is -0.693. The number of furan rings is 1. The Morgan fingerprint density at radius 2 is 1.70 bits per heavy atom. The lowest BCUT2D eigenvalue weighted by molar-refractivity contribution is -0.385. The van der Waals surface area contributed by atoms with Crippen LogP contribution in [-0.4, -0.2) is 34.1 Å². The molecule has 0 aliphatic rings. The molecule has 2 amide bonds. The molecule has 47 heavy (non-hydrogen) atoms. The molecule has 13 heteroatoms. The summed E-state index contributed by atoms with van der Waals surface area (Å²) in [5, 5.41) is 18.4. The van der Waals surface area contributed by atoms with Crippen LogP contribution in [0.4, 0.5) is 11.4 Å². The number of ether oxygens (including phenoxy) is 2. The summed E-state index contributed by atoms with van der Waals surface area (Å²) in [5.74, 6) is -0.449. The Hall–Kier alpha value is -5.88. The number of para-hydroxylation sites is 1. The highest BCUT2D eigenvalue weighted by atomic mass is 35.5. The van der Waals surface area contributed by atoms with Gasteiger partial charge in [0.05, 0.1) is 11.1 Å². The van der Waals surface area contributed by atoms with Crippen LogP contribution in [0.2, 0.25) is 5.02 Å². The molecule has 0 bridgehead atoms. The highest BCUT2D eigenvalue weighted by Crippen LogP contribution is 2.34. The number of amides is 2. The van der Waals surface area contributed by atoms with Gasteiger partial charge in [-0.05, 0) is 87.0 Å². The van der Waals surface area contributed by atoms with E-state index >= 15 is 0 Å². The van der Waals surface area contributed by atoms with Gasteiger partial charge in [0, 0.05) is 39.4 Å². The Labute approximate surface area is 274 Å². The molecular weight excluding hydrogens is 626 g/mol. The molecule has 2 N–H and O–H groups in total. The number of hydrogen-bond acceptors (Lipinski definition) is 8. The van der Waals surface area contributed by atoms with Crippen LogP contribution in [0.15, 0.2) is 94.4 Å². The molecule has 0 saturated carbocycles. The van der Waals surface area contributed by atoms with Crippen molar-refractivity contribution in [1.82, 2.24) is 9.99 Å². The van der Waals surface area contributed by atoms with Crippen LogP contribution in [0.3, 0.4) is 0 Å². The molecule has 5 rings (SSSR count). The summed E-state index contributed by atoms with van der Waals surface area (Å²) in [7, 11) is 0. The maximum atomic E-state index is 12.7. The minimum Gasteiger partial charge on any atom is -0.486 e. The molecule has 12 nitrogen and oxygen atoms in total. The fourth-order valence-electron chi connectivity index (χ4n) is 4.74. The second kappa shape index (κ2) is 14.5. The number of anilines is 1. The lowest BCUT2D eigenvalue weighted by Crippen LogP contribution is -2.21. The summed E-state index contributed by atoms with van der Waals surface area (Å²) < 4.78 is 19.1. The molecule has 0 radical (unpaired) electrons. The van der Waals surface area contributed by atoms with E-state index in [9.17, 15) is 19.7 Å². The van der Waals surface area contributed by atoms with Crippen LogP contribution in [0, 0.1) is 30.9 Å². The fourth-order valence-corrected chi connectivity index (χ4v) is 4.96. The molecule has 0 aliphatic carbocycles. The first-order valence-electron chi connectivity index (χ1n) is 14.4. The SMILES string of the molecule is Cc1ccccc1NC(=O)COc1c(/C=N/NC(=O)c2ccc(COc3ccc(-n4c(C)ccc4C)cc3)o2)cc(Cl)cc1[N+](=O)[O-]. The van der Waals surface area contributed by atoms with Gasteiger partial charge in [0.2, 0.25) is 5.75 Å². The number of nitro benzene ring substituents is 1. The van der Waals surface area contributed by atoms with Crippen molar-refractivity contribution in [1.29, 1.82) is 0 Å². The number of nitrogens with zero attached hydrogens (tertiary/aromatic N) is 3. The average molecular weight is 656 g/mol. The normalized spacial score (nSPS) is 11.0. The zero-order valence-corrected chi connectivity index (χ0v) is 26.4. The highest BCUT2D eigenvalue weighted by Gasteiger charge is 2.22. The van der Waals surface area contributed by atoms with Crippen LogP contribution in [0.1, 0.15) is 38.8 Å². The smallest absolute Gasteiger partial charge is 0.313 e. The molecule has 3 aromatic carbocycles. The molecule has 2 aromatic heterocycles. The molecule has 0 saturated heterocycles. The lowest BCUT2D eigenvalue weighted by atomic mass is 10.2. The van der Waals surface area contributed by atoms with E-state index in [-0.39, 0.29) is 28.7 Å². The maximum absolute atomic E-state index is 12.7. The number of aromatic nitrogens is 1. The number of hydrogen-bond donors (Lipinski definition) is 2. The van der Waals surface area contributed by atoms with Crippen molar-refractivity contribution in [3.8, 4) is 17.2 Å². The van der Waals surface area contributed by atoms with Crippen molar-refractivity contribution < 1.29 is 28.4 Å². The number of rotatable bonds is 12. The van der Waals surface area contributed by atoms with Gasteiger partial charge in [0.15, 0.2) is 12.4 Å². The zero-order valence-electron chi connectivity index (χ0n) is 25.7. The molecule has 0 atom stereocenters. The predicted octanol–water partition coefficient (Wildman–Crippen LogP) is 6.92. The van der Waals surface area contributed by atoms with Crippen LogP contribution < -0.4 is 20.2 Å². The molecule has 0 aliphatic heterocycles. The predicted molar refractivity (Wildman–Crippen MR) is 177 cm³/mol. The van der Waals surface area contributed by atoms with E-state index in [4.69, 9.17) is 25.5 Å². The number of nitrogens with one attached hydrogen (secondary N) is 2. The number of benzene rings is 3. The topological polar surface area (TPSA) is 150 Å². The molecule has 2 heterocycles. The van der Waals surface area contributed by atoms with Gasteiger partial charge in [-0.3, -0.25) is 19.7 Å². The summed E-state index contributed by atoms with van der Waals surface area (Å²) >= 11 is 6.09. The van der Waals surface area contributed by atoms with Crippen molar-refractivity contribution in [2.75, 3.05) is 11.9 Å². The van der Waals surface area contributed by atoms with E-state index in [0.29, 0.717) is 17.2 Å². The van der Waals surface area contributed by atoms with Crippen molar-refractivity contribution in [3.63, 3.8) is 0 Å². The van der Waals surface area contributed by atoms with E-state index in [1.165, 1.54) is 12.1 Å². The quantitative estimate of drug-likeness (QED) is 0.0841. The number of halogens is 1. The third kappa shape index (κ3) is 8.05. The zero-order chi connectivity index (χ0) is 33.5. The second-order valence-electron chi connectivity index (χ2n) is 10.5. The van der Waals surface area contributed by atoms with Crippen LogP contribution in [0.5, 0.6) is 11.5 Å². The average Bonchev–Trinajstić information content (AvgIpc) is 3.66.